The number of nitrogens with one attached hydrogen (secondary N) is 1. The molecule has 2 heterocycles. The Morgan fingerprint density at radius 1 is 1.45 bits per heavy atom. The zero-order valence-electron chi connectivity index (χ0n) is 12.6. The van der Waals surface area contributed by atoms with Crippen LogP contribution in [0, 0.1) is 6.92 Å². The number of amides is 1. The molecule has 0 aliphatic carbocycles. The second kappa shape index (κ2) is 6.10. The van der Waals surface area contributed by atoms with Crippen LogP contribution in [0.25, 0.3) is 10.2 Å². The van der Waals surface area contributed by atoms with Gasteiger partial charge < -0.3 is 0 Å². The molecule has 0 atom stereocenters. The molecule has 7 heteroatoms. The van der Waals surface area contributed by atoms with Gasteiger partial charge in [0, 0.05) is 11.4 Å². The van der Waals surface area contributed by atoms with Crippen LogP contribution < -0.4 is 5.32 Å². The molecule has 0 aliphatic rings. The smallest absolute Gasteiger partial charge is 0.275 e. The van der Waals surface area contributed by atoms with Crippen molar-refractivity contribution < 1.29 is 4.79 Å². The standard InChI is InChI=1S/C15H16N4OS2/c1-4-19-10(8-9(2)18-19)14(20)17-15-16-13-11(21-3)6-5-7-12(13)22-15/h5-8H,4H2,1-3H3,(H,16,17,20). The minimum absolute atomic E-state index is 0.174. The molecule has 0 spiro atoms. The SMILES string of the molecule is CCn1nc(C)cc1C(=O)Nc1nc2c(SC)cccc2s1. The van der Waals surface area contributed by atoms with Gasteiger partial charge in [-0.15, -0.1) is 11.8 Å². The quantitative estimate of drug-likeness (QED) is 0.738. The van der Waals surface area contributed by atoms with Crippen molar-refractivity contribution in [2.45, 2.75) is 25.3 Å². The highest BCUT2D eigenvalue weighted by Gasteiger charge is 2.16. The van der Waals surface area contributed by atoms with Crippen molar-refractivity contribution in [3.63, 3.8) is 0 Å². The summed E-state index contributed by atoms with van der Waals surface area (Å²) in [5, 5.41) is 7.80. The molecule has 0 radical (unpaired) electrons. The number of aromatic nitrogens is 3. The van der Waals surface area contributed by atoms with Crippen molar-refractivity contribution in [2.24, 2.45) is 0 Å². The van der Waals surface area contributed by atoms with Crippen LogP contribution in [0.2, 0.25) is 0 Å². The van der Waals surface area contributed by atoms with E-state index in [1.54, 1.807) is 22.5 Å². The monoisotopic (exact) mass is 332 g/mol. The first kappa shape index (κ1) is 15.1. The molecule has 0 unspecified atom stereocenters. The predicted octanol–water partition coefficient (Wildman–Crippen LogP) is 3.80. The lowest BCUT2D eigenvalue weighted by molar-refractivity contribution is 0.101. The third kappa shape index (κ3) is 2.74. The van der Waals surface area contributed by atoms with Gasteiger partial charge in [-0.1, -0.05) is 17.4 Å². The van der Waals surface area contributed by atoms with Crippen LogP contribution in [0.3, 0.4) is 0 Å². The van der Waals surface area contributed by atoms with Crippen molar-refractivity contribution in [3.8, 4) is 0 Å². The van der Waals surface area contributed by atoms with Gasteiger partial charge in [0.1, 0.15) is 5.69 Å². The Morgan fingerprint density at radius 3 is 3.00 bits per heavy atom. The number of hydrogen-bond acceptors (Lipinski definition) is 5. The number of thioether (sulfide) groups is 1. The van der Waals surface area contributed by atoms with Crippen LogP contribution in [-0.4, -0.2) is 26.9 Å². The molecule has 114 valence electrons. The van der Waals surface area contributed by atoms with Gasteiger partial charge >= 0.3 is 0 Å². The zero-order valence-corrected chi connectivity index (χ0v) is 14.2. The molecule has 0 saturated carbocycles. The summed E-state index contributed by atoms with van der Waals surface area (Å²) in [4.78, 5) is 18.1. The van der Waals surface area contributed by atoms with E-state index < -0.39 is 0 Å². The third-order valence-corrected chi connectivity index (χ3v) is 4.96. The Labute approximate surface area is 136 Å². The Hall–Kier alpha value is -1.86. The van der Waals surface area contributed by atoms with Crippen LogP contribution in [0.1, 0.15) is 23.1 Å². The molecule has 0 saturated heterocycles. The van der Waals surface area contributed by atoms with Crippen molar-refractivity contribution >= 4 is 44.4 Å². The Bertz CT molecular complexity index is 837. The van der Waals surface area contributed by atoms with Crippen molar-refractivity contribution in [1.82, 2.24) is 14.8 Å². The molecule has 22 heavy (non-hydrogen) atoms. The number of hydrogen-bond donors (Lipinski definition) is 1. The summed E-state index contributed by atoms with van der Waals surface area (Å²) >= 11 is 3.14. The van der Waals surface area contributed by atoms with Gasteiger partial charge in [-0.05, 0) is 38.3 Å². The van der Waals surface area contributed by atoms with Gasteiger partial charge in [0.2, 0.25) is 0 Å². The Morgan fingerprint density at radius 2 is 2.27 bits per heavy atom. The van der Waals surface area contributed by atoms with Crippen LogP contribution in [0.5, 0.6) is 0 Å². The van der Waals surface area contributed by atoms with Crippen molar-refractivity contribution in [1.29, 1.82) is 0 Å². The molecule has 1 amide bonds. The Kier molecular flexibility index (Phi) is 4.17. The lowest BCUT2D eigenvalue weighted by atomic mass is 10.3. The normalized spacial score (nSPS) is 11.0. The lowest BCUT2D eigenvalue weighted by Crippen LogP contribution is -2.17. The number of para-hydroxylation sites is 1. The summed E-state index contributed by atoms with van der Waals surface area (Å²) < 4.78 is 2.77. The minimum atomic E-state index is -0.174. The number of carbonyl (C=O) groups is 1. The topological polar surface area (TPSA) is 59.8 Å². The van der Waals surface area contributed by atoms with E-state index in [1.807, 2.05) is 38.3 Å². The maximum atomic E-state index is 12.4. The van der Waals surface area contributed by atoms with Gasteiger partial charge in [-0.2, -0.15) is 5.10 Å². The fourth-order valence-electron chi connectivity index (χ4n) is 2.27. The second-order valence-corrected chi connectivity index (χ2v) is 6.65. The first-order valence-corrected chi connectivity index (χ1v) is 8.96. The summed E-state index contributed by atoms with van der Waals surface area (Å²) in [5.74, 6) is -0.174. The number of rotatable bonds is 4. The lowest BCUT2D eigenvalue weighted by Gasteiger charge is -2.03. The van der Waals surface area contributed by atoms with E-state index in [0.717, 1.165) is 20.8 Å². The summed E-state index contributed by atoms with van der Waals surface area (Å²) in [6.45, 7) is 4.50. The van der Waals surface area contributed by atoms with E-state index in [0.29, 0.717) is 17.4 Å². The van der Waals surface area contributed by atoms with Crippen molar-refractivity contribution in [3.05, 3.63) is 35.7 Å². The third-order valence-electron chi connectivity index (χ3n) is 3.26. The number of carbonyl (C=O) groups excluding carboxylic acids is 1. The highest BCUT2D eigenvalue weighted by Crippen LogP contribution is 2.32. The molecular formula is C15H16N4OS2. The van der Waals surface area contributed by atoms with Gasteiger partial charge in [-0.3, -0.25) is 14.8 Å². The van der Waals surface area contributed by atoms with Crippen molar-refractivity contribution in [2.75, 3.05) is 11.6 Å². The molecule has 3 aromatic rings. The van der Waals surface area contributed by atoms with Gasteiger partial charge in [0.25, 0.3) is 5.91 Å². The van der Waals surface area contributed by atoms with Gasteiger partial charge in [0.15, 0.2) is 5.13 Å². The van der Waals surface area contributed by atoms with Crippen LogP contribution in [0.4, 0.5) is 5.13 Å². The molecule has 3 rings (SSSR count). The molecule has 1 N–H and O–H groups in total. The molecule has 1 aromatic carbocycles. The highest BCUT2D eigenvalue weighted by molar-refractivity contribution is 7.98. The molecular weight excluding hydrogens is 316 g/mol. The van der Waals surface area contributed by atoms with Crippen LogP contribution in [-0.2, 0) is 6.54 Å². The number of aryl methyl sites for hydroxylation is 2. The van der Waals surface area contributed by atoms with E-state index in [1.165, 1.54) is 11.3 Å². The maximum Gasteiger partial charge on any atom is 0.275 e. The summed E-state index contributed by atoms with van der Waals surface area (Å²) in [7, 11) is 0. The number of nitrogens with zero attached hydrogens (tertiary/aromatic N) is 3. The molecule has 2 aromatic heterocycles. The number of thiazole rings is 1. The maximum absolute atomic E-state index is 12.4. The van der Waals surface area contributed by atoms with Gasteiger partial charge in [0.05, 0.1) is 15.9 Å². The highest BCUT2D eigenvalue weighted by atomic mass is 32.2. The summed E-state index contributed by atoms with van der Waals surface area (Å²) in [6, 6.07) is 7.85. The molecule has 0 fully saturated rings. The average molecular weight is 332 g/mol. The first-order valence-electron chi connectivity index (χ1n) is 6.91. The van der Waals surface area contributed by atoms with E-state index in [2.05, 4.69) is 15.4 Å². The van der Waals surface area contributed by atoms with E-state index in [-0.39, 0.29) is 5.91 Å². The van der Waals surface area contributed by atoms with E-state index >= 15 is 0 Å². The average Bonchev–Trinajstić information content (AvgIpc) is 3.09. The number of anilines is 1. The Balaban J connectivity index is 1.91. The fourth-order valence-corrected chi connectivity index (χ4v) is 3.79. The van der Waals surface area contributed by atoms with E-state index in [4.69, 9.17) is 0 Å². The predicted molar refractivity (Wildman–Crippen MR) is 92.0 cm³/mol. The number of benzene rings is 1. The fraction of sp³-hybridized carbons (Fsp3) is 0.267. The largest absolute Gasteiger partial charge is 0.296 e. The first-order chi connectivity index (χ1) is 10.6. The van der Waals surface area contributed by atoms with E-state index in [9.17, 15) is 4.79 Å². The minimum Gasteiger partial charge on any atom is -0.296 e. The summed E-state index contributed by atoms with van der Waals surface area (Å²) in [6.07, 6.45) is 2.02. The zero-order chi connectivity index (χ0) is 15.7. The molecule has 0 bridgehead atoms. The molecule has 0 aliphatic heterocycles. The van der Waals surface area contributed by atoms with Crippen LogP contribution in [0.15, 0.2) is 29.2 Å². The van der Waals surface area contributed by atoms with Crippen LogP contribution >= 0.6 is 23.1 Å². The summed E-state index contributed by atoms with van der Waals surface area (Å²) in [5.41, 5.74) is 2.33. The number of fused-ring (bicyclic) bond motifs is 1. The second-order valence-electron chi connectivity index (χ2n) is 4.77. The van der Waals surface area contributed by atoms with Gasteiger partial charge in [-0.25, -0.2) is 4.98 Å². The molecule has 5 nitrogen and oxygen atoms in total.